The zero-order chi connectivity index (χ0) is 38.1. The lowest BCUT2D eigenvalue weighted by Crippen LogP contribution is -2.14. The highest BCUT2D eigenvalue weighted by atomic mass is 15.0. The number of hydrogen-bond donors (Lipinski definition) is 0. The molecule has 268 valence electrons. The summed E-state index contributed by atoms with van der Waals surface area (Å²) in [7, 11) is 0. The molecule has 11 rings (SSSR count). The summed E-state index contributed by atoms with van der Waals surface area (Å²) in [6, 6.07) is 67.3. The molecule has 1 aromatic heterocycles. The Morgan fingerprint density at radius 1 is 0.281 bits per heavy atom. The van der Waals surface area contributed by atoms with Crippen LogP contribution in [0, 0.1) is 0 Å². The van der Waals surface area contributed by atoms with E-state index in [9.17, 15) is 0 Å². The summed E-state index contributed by atoms with van der Waals surface area (Å²) in [4.78, 5) is 15.3. The van der Waals surface area contributed by atoms with Crippen LogP contribution < -0.4 is 0 Å². The van der Waals surface area contributed by atoms with E-state index < -0.39 is 0 Å². The van der Waals surface area contributed by atoms with Gasteiger partial charge in [-0.15, -0.1) is 0 Å². The smallest absolute Gasteiger partial charge is 0.164 e. The fourth-order valence-corrected chi connectivity index (χ4v) is 8.97. The second-order valence-electron chi connectivity index (χ2n) is 15.6. The van der Waals surface area contributed by atoms with Gasteiger partial charge < -0.3 is 0 Å². The van der Waals surface area contributed by atoms with E-state index in [4.69, 9.17) is 15.0 Å². The Morgan fingerprint density at radius 3 is 1.40 bits per heavy atom. The number of aromatic nitrogens is 3. The average molecular weight is 728 g/mol. The largest absolute Gasteiger partial charge is 0.208 e. The normalized spacial score (nSPS) is 12.9. The fourth-order valence-electron chi connectivity index (χ4n) is 8.97. The second-order valence-corrected chi connectivity index (χ2v) is 15.6. The number of rotatable bonds is 5. The van der Waals surface area contributed by atoms with Crippen LogP contribution in [0.1, 0.15) is 25.0 Å². The molecule has 3 nitrogen and oxygen atoms in total. The van der Waals surface area contributed by atoms with Crippen molar-refractivity contribution in [3.63, 3.8) is 0 Å². The van der Waals surface area contributed by atoms with E-state index in [0.29, 0.717) is 17.5 Å². The van der Waals surface area contributed by atoms with Gasteiger partial charge in [0.05, 0.1) is 0 Å². The lowest BCUT2D eigenvalue weighted by molar-refractivity contribution is 0.660. The molecule has 1 heterocycles. The Morgan fingerprint density at radius 2 is 0.719 bits per heavy atom. The molecule has 3 heteroatoms. The predicted molar refractivity (Wildman–Crippen MR) is 237 cm³/mol. The van der Waals surface area contributed by atoms with Crippen molar-refractivity contribution in [3.05, 3.63) is 199 Å². The summed E-state index contributed by atoms with van der Waals surface area (Å²) in [6.45, 7) is 4.67. The van der Waals surface area contributed by atoms with Gasteiger partial charge in [0.25, 0.3) is 0 Å². The monoisotopic (exact) mass is 727 g/mol. The van der Waals surface area contributed by atoms with Crippen molar-refractivity contribution in [1.82, 2.24) is 15.0 Å². The van der Waals surface area contributed by atoms with Crippen molar-refractivity contribution in [3.8, 4) is 67.5 Å². The summed E-state index contributed by atoms with van der Waals surface area (Å²) in [5, 5.41) is 7.37. The van der Waals surface area contributed by atoms with Crippen LogP contribution >= 0.6 is 0 Å². The van der Waals surface area contributed by atoms with Crippen molar-refractivity contribution in [1.29, 1.82) is 0 Å². The Hall–Kier alpha value is -7.23. The number of nitrogens with zero attached hydrogens (tertiary/aromatic N) is 3. The van der Waals surface area contributed by atoms with Crippen LogP contribution in [-0.2, 0) is 5.41 Å². The van der Waals surface area contributed by atoms with E-state index >= 15 is 0 Å². The highest BCUT2D eigenvalue weighted by molar-refractivity contribution is 6.25. The van der Waals surface area contributed by atoms with Crippen molar-refractivity contribution < 1.29 is 0 Å². The average Bonchev–Trinajstić information content (AvgIpc) is 3.51. The molecule has 0 spiro atoms. The van der Waals surface area contributed by atoms with E-state index in [0.717, 1.165) is 22.3 Å². The van der Waals surface area contributed by atoms with Crippen molar-refractivity contribution in [2.75, 3.05) is 0 Å². The molecule has 0 fully saturated rings. The van der Waals surface area contributed by atoms with Crippen LogP contribution in [-0.4, -0.2) is 15.0 Å². The Kier molecular flexibility index (Phi) is 7.52. The molecule has 0 atom stereocenters. The minimum absolute atomic E-state index is 0.0395. The maximum atomic E-state index is 5.14. The molecule has 0 radical (unpaired) electrons. The molecule has 0 aliphatic heterocycles. The van der Waals surface area contributed by atoms with Gasteiger partial charge in [0.2, 0.25) is 0 Å². The van der Waals surface area contributed by atoms with E-state index in [-0.39, 0.29) is 5.41 Å². The molecule has 9 aromatic carbocycles. The van der Waals surface area contributed by atoms with Crippen molar-refractivity contribution in [2.24, 2.45) is 0 Å². The quantitative estimate of drug-likeness (QED) is 0.166. The predicted octanol–water partition coefficient (Wildman–Crippen LogP) is 14.0. The Labute approximate surface area is 332 Å². The first-order valence-corrected chi connectivity index (χ1v) is 19.6. The van der Waals surface area contributed by atoms with Gasteiger partial charge in [-0.1, -0.05) is 184 Å². The van der Waals surface area contributed by atoms with E-state index in [1.807, 2.05) is 18.2 Å². The molecule has 0 N–H and O–H groups in total. The lowest BCUT2D eigenvalue weighted by Gasteiger charge is -2.22. The third kappa shape index (κ3) is 5.46. The molecular formula is C54H37N3. The molecule has 1 aliphatic carbocycles. The van der Waals surface area contributed by atoms with Crippen LogP contribution in [0.4, 0.5) is 0 Å². The first-order valence-electron chi connectivity index (χ1n) is 19.6. The number of benzene rings is 9. The van der Waals surface area contributed by atoms with Crippen LogP contribution in [0.15, 0.2) is 188 Å². The van der Waals surface area contributed by atoms with E-state index in [1.54, 1.807) is 0 Å². The molecule has 1 aliphatic rings. The summed E-state index contributed by atoms with van der Waals surface area (Å²) in [5.74, 6) is 1.94. The molecule has 0 bridgehead atoms. The minimum Gasteiger partial charge on any atom is -0.208 e. The van der Waals surface area contributed by atoms with Crippen molar-refractivity contribution >= 4 is 32.3 Å². The first-order chi connectivity index (χ1) is 28.0. The Balaban J connectivity index is 0.974. The highest BCUT2D eigenvalue weighted by Crippen LogP contribution is 2.49. The maximum absolute atomic E-state index is 5.14. The second kappa shape index (κ2) is 12.9. The molecule has 10 aromatic rings. The van der Waals surface area contributed by atoms with Crippen LogP contribution in [0.2, 0.25) is 0 Å². The third-order valence-corrected chi connectivity index (χ3v) is 11.9. The van der Waals surface area contributed by atoms with Gasteiger partial charge in [-0.2, -0.15) is 0 Å². The van der Waals surface area contributed by atoms with Crippen LogP contribution in [0.25, 0.3) is 99.9 Å². The van der Waals surface area contributed by atoms with Crippen molar-refractivity contribution in [2.45, 2.75) is 19.3 Å². The zero-order valence-electron chi connectivity index (χ0n) is 31.7. The number of fused-ring (bicyclic) bond motifs is 9. The SMILES string of the molecule is CC1(C)c2ccccc2-c2ccc(-c3cccc(-c4ccc(-c5nc(-c6ccccc6)nc(-c6ccc7c8ccccc8c8ccccc8c7c6)n5)cc4)c3)cc21. The van der Waals surface area contributed by atoms with Gasteiger partial charge in [0.15, 0.2) is 17.5 Å². The van der Waals surface area contributed by atoms with Crippen LogP contribution in [0.5, 0.6) is 0 Å². The first kappa shape index (κ1) is 33.1. The van der Waals surface area contributed by atoms with E-state index in [1.165, 1.54) is 71.3 Å². The number of hydrogen-bond acceptors (Lipinski definition) is 3. The highest BCUT2D eigenvalue weighted by Gasteiger charge is 2.35. The maximum Gasteiger partial charge on any atom is 0.164 e. The summed E-state index contributed by atoms with van der Waals surface area (Å²) >= 11 is 0. The fraction of sp³-hybridized carbons (Fsp3) is 0.0556. The topological polar surface area (TPSA) is 38.7 Å². The van der Waals surface area contributed by atoms with Gasteiger partial charge in [-0.25, -0.2) is 15.0 Å². The molecule has 0 saturated carbocycles. The van der Waals surface area contributed by atoms with E-state index in [2.05, 4.69) is 184 Å². The van der Waals surface area contributed by atoms with Crippen LogP contribution in [0.3, 0.4) is 0 Å². The summed E-state index contributed by atoms with van der Waals surface area (Å²) < 4.78 is 0. The van der Waals surface area contributed by atoms with Gasteiger partial charge in [0, 0.05) is 22.1 Å². The molecular weight excluding hydrogens is 691 g/mol. The molecule has 0 saturated heterocycles. The minimum atomic E-state index is -0.0395. The lowest BCUT2D eigenvalue weighted by atomic mass is 9.81. The van der Waals surface area contributed by atoms with Gasteiger partial charge >= 0.3 is 0 Å². The summed E-state index contributed by atoms with van der Waals surface area (Å²) in [6.07, 6.45) is 0. The van der Waals surface area contributed by atoms with Gasteiger partial charge in [-0.05, 0) is 95.0 Å². The summed E-state index contributed by atoms with van der Waals surface area (Å²) in [5.41, 5.74) is 13.0. The molecule has 0 unspecified atom stereocenters. The zero-order valence-corrected chi connectivity index (χ0v) is 31.7. The standard InChI is InChI=1S/C54H37N3/c1-54(2)49-22-11-10-21-46(49)47-30-27-39(33-50(47)54)38-16-12-15-37(31-38)34-23-25-36(26-24-34)52-55-51(35-13-4-3-5-14-35)56-53(57-52)40-28-29-45-43-19-7-6-17-41(43)42-18-8-9-20-44(42)48(45)32-40/h3-33H,1-2H3. The third-order valence-electron chi connectivity index (χ3n) is 11.9. The van der Waals surface area contributed by atoms with Gasteiger partial charge in [-0.3, -0.25) is 0 Å². The molecule has 0 amide bonds. The molecule has 57 heavy (non-hydrogen) atoms. The van der Waals surface area contributed by atoms with Gasteiger partial charge in [0.1, 0.15) is 0 Å². The Bertz CT molecular complexity index is 3160.